The van der Waals surface area contributed by atoms with Crippen LogP contribution in [0.5, 0.6) is 0 Å². The standard InChI is InChI=1S/C20H31N5O/c1-3-21-20(22-14-12-17-9-5-4-6-10-17)23-15-13-19(26)25-18-11-7-8-16(2)24-18/h7-9,11H,3-6,10,12-15H2,1-2H3,(H2,21,22,23)(H,24,25,26). The fourth-order valence-electron chi connectivity index (χ4n) is 2.90. The SMILES string of the molecule is CCNC(=NCCC(=O)Nc1cccc(C)n1)NCCC1=CCCCC1. The molecule has 142 valence electrons. The first kappa shape index (κ1) is 19.9. The minimum absolute atomic E-state index is 0.0740. The molecule has 0 radical (unpaired) electrons. The highest BCUT2D eigenvalue weighted by atomic mass is 16.1. The maximum absolute atomic E-state index is 12.0. The number of allylic oxidation sites excluding steroid dienone is 1. The Kier molecular flexibility index (Phi) is 8.66. The number of anilines is 1. The third-order valence-corrected chi connectivity index (χ3v) is 4.23. The van der Waals surface area contributed by atoms with Gasteiger partial charge in [-0.25, -0.2) is 4.98 Å². The Bertz CT molecular complexity index is 639. The fraction of sp³-hybridized carbons (Fsp3) is 0.550. The van der Waals surface area contributed by atoms with Crippen LogP contribution in [0.15, 0.2) is 34.8 Å². The van der Waals surface area contributed by atoms with Gasteiger partial charge >= 0.3 is 0 Å². The number of hydrogen-bond donors (Lipinski definition) is 3. The molecule has 0 atom stereocenters. The Morgan fingerprint density at radius 1 is 1.27 bits per heavy atom. The van der Waals surface area contributed by atoms with E-state index in [2.05, 4.69) is 32.0 Å². The summed E-state index contributed by atoms with van der Waals surface area (Å²) in [5.74, 6) is 1.28. The van der Waals surface area contributed by atoms with Crippen LogP contribution in [0.3, 0.4) is 0 Å². The van der Waals surface area contributed by atoms with Crippen LogP contribution in [0.4, 0.5) is 5.82 Å². The lowest BCUT2D eigenvalue weighted by Gasteiger charge is -2.15. The van der Waals surface area contributed by atoms with E-state index in [4.69, 9.17) is 0 Å². The minimum atomic E-state index is -0.0740. The van der Waals surface area contributed by atoms with E-state index in [1.165, 1.54) is 25.7 Å². The second-order valence-corrected chi connectivity index (χ2v) is 6.51. The van der Waals surface area contributed by atoms with E-state index in [0.29, 0.717) is 18.8 Å². The van der Waals surface area contributed by atoms with Crippen LogP contribution in [0.1, 0.15) is 51.1 Å². The first-order chi connectivity index (χ1) is 12.7. The van der Waals surface area contributed by atoms with Gasteiger partial charge in [0.2, 0.25) is 5.91 Å². The Balaban J connectivity index is 1.73. The number of rotatable bonds is 8. The van der Waals surface area contributed by atoms with Gasteiger partial charge in [0, 0.05) is 25.2 Å². The molecule has 0 spiro atoms. The van der Waals surface area contributed by atoms with E-state index < -0.39 is 0 Å². The van der Waals surface area contributed by atoms with Crippen molar-refractivity contribution in [1.29, 1.82) is 0 Å². The van der Waals surface area contributed by atoms with E-state index >= 15 is 0 Å². The van der Waals surface area contributed by atoms with Crippen LogP contribution >= 0.6 is 0 Å². The van der Waals surface area contributed by atoms with Crippen LogP contribution in [0.25, 0.3) is 0 Å². The molecule has 1 heterocycles. The van der Waals surface area contributed by atoms with Crippen LogP contribution in [0.2, 0.25) is 0 Å². The molecule has 0 unspecified atom stereocenters. The number of aryl methyl sites for hydroxylation is 1. The number of carbonyl (C=O) groups is 1. The van der Waals surface area contributed by atoms with Crippen molar-refractivity contribution >= 4 is 17.7 Å². The summed E-state index contributed by atoms with van der Waals surface area (Å²) in [4.78, 5) is 20.8. The van der Waals surface area contributed by atoms with Crippen molar-refractivity contribution in [2.24, 2.45) is 4.99 Å². The van der Waals surface area contributed by atoms with Crippen molar-refractivity contribution in [2.75, 3.05) is 25.0 Å². The highest BCUT2D eigenvalue weighted by Crippen LogP contribution is 2.19. The molecule has 1 aliphatic rings. The zero-order valence-electron chi connectivity index (χ0n) is 16.0. The third kappa shape index (κ3) is 7.68. The molecule has 0 fully saturated rings. The first-order valence-corrected chi connectivity index (χ1v) is 9.61. The van der Waals surface area contributed by atoms with Crippen molar-refractivity contribution in [3.05, 3.63) is 35.5 Å². The maximum Gasteiger partial charge on any atom is 0.227 e. The second kappa shape index (κ2) is 11.3. The molecule has 0 bridgehead atoms. The molecule has 1 amide bonds. The Hall–Kier alpha value is -2.37. The Morgan fingerprint density at radius 2 is 2.15 bits per heavy atom. The second-order valence-electron chi connectivity index (χ2n) is 6.51. The van der Waals surface area contributed by atoms with Gasteiger partial charge in [-0.2, -0.15) is 0 Å². The summed E-state index contributed by atoms with van der Waals surface area (Å²) in [5, 5.41) is 9.39. The summed E-state index contributed by atoms with van der Waals surface area (Å²) in [5.41, 5.74) is 2.43. The zero-order valence-corrected chi connectivity index (χ0v) is 16.0. The van der Waals surface area contributed by atoms with Gasteiger partial charge in [-0.05, 0) is 58.1 Å². The highest BCUT2D eigenvalue weighted by molar-refractivity contribution is 5.90. The van der Waals surface area contributed by atoms with Gasteiger partial charge in [0.15, 0.2) is 5.96 Å². The van der Waals surface area contributed by atoms with Gasteiger partial charge in [-0.15, -0.1) is 0 Å². The van der Waals surface area contributed by atoms with Crippen molar-refractivity contribution in [3.63, 3.8) is 0 Å². The fourth-order valence-corrected chi connectivity index (χ4v) is 2.90. The molecule has 26 heavy (non-hydrogen) atoms. The van der Waals surface area contributed by atoms with Gasteiger partial charge in [0.05, 0.1) is 6.54 Å². The van der Waals surface area contributed by atoms with Crippen molar-refractivity contribution in [1.82, 2.24) is 15.6 Å². The Morgan fingerprint density at radius 3 is 2.88 bits per heavy atom. The van der Waals surface area contributed by atoms with Gasteiger partial charge < -0.3 is 16.0 Å². The number of aromatic nitrogens is 1. The summed E-state index contributed by atoms with van der Waals surface area (Å²) < 4.78 is 0. The van der Waals surface area contributed by atoms with Gasteiger partial charge in [0.25, 0.3) is 0 Å². The summed E-state index contributed by atoms with van der Waals surface area (Å²) in [6, 6.07) is 5.57. The number of nitrogens with one attached hydrogen (secondary N) is 3. The first-order valence-electron chi connectivity index (χ1n) is 9.61. The highest BCUT2D eigenvalue weighted by Gasteiger charge is 2.05. The monoisotopic (exact) mass is 357 g/mol. The van der Waals surface area contributed by atoms with Crippen LogP contribution in [0, 0.1) is 6.92 Å². The normalized spacial score (nSPS) is 14.5. The molecular weight excluding hydrogens is 326 g/mol. The molecule has 1 aliphatic carbocycles. The minimum Gasteiger partial charge on any atom is -0.357 e. The number of hydrogen-bond acceptors (Lipinski definition) is 3. The molecular formula is C20H31N5O. The van der Waals surface area contributed by atoms with Gasteiger partial charge in [-0.3, -0.25) is 9.79 Å². The number of aliphatic imine (C=N–C) groups is 1. The lowest BCUT2D eigenvalue weighted by atomic mass is 9.97. The summed E-state index contributed by atoms with van der Waals surface area (Å²) >= 11 is 0. The van der Waals surface area contributed by atoms with Gasteiger partial charge in [-0.1, -0.05) is 17.7 Å². The third-order valence-electron chi connectivity index (χ3n) is 4.23. The van der Waals surface area contributed by atoms with Crippen LogP contribution in [-0.4, -0.2) is 36.5 Å². The smallest absolute Gasteiger partial charge is 0.227 e. The maximum atomic E-state index is 12.0. The zero-order chi connectivity index (χ0) is 18.6. The van der Waals surface area contributed by atoms with E-state index in [1.54, 1.807) is 11.6 Å². The molecule has 2 rings (SSSR count). The average molecular weight is 358 g/mol. The Labute approximate surface area is 156 Å². The van der Waals surface area contributed by atoms with Crippen LogP contribution in [-0.2, 0) is 4.79 Å². The van der Waals surface area contributed by atoms with Crippen molar-refractivity contribution < 1.29 is 4.79 Å². The molecule has 1 aromatic rings. The number of amides is 1. The van der Waals surface area contributed by atoms with Gasteiger partial charge in [0.1, 0.15) is 5.82 Å². The van der Waals surface area contributed by atoms with E-state index in [1.807, 2.05) is 26.0 Å². The quantitative estimate of drug-likeness (QED) is 0.379. The topological polar surface area (TPSA) is 78.4 Å². The lowest BCUT2D eigenvalue weighted by Crippen LogP contribution is -2.38. The number of pyridine rings is 1. The molecule has 0 aromatic carbocycles. The average Bonchev–Trinajstić information content (AvgIpc) is 2.62. The molecule has 0 aliphatic heterocycles. The van der Waals surface area contributed by atoms with E-state index in [-0.39, 0.29) is 5.91 Å². The molecule has 1 aromatic heterocycles. The van der Waals surface area contributed by atoms with E-state index in [9.17, 15) is 4.79 Å². The largest absolute Gasteiger partial charge is 0.357 e. The molecule has 0 saturated heterocycles. The molecule has 6 heteroatoms. The lowest BCUT2D eigenvalue weighted by molar-refractivity contribution is -0.116. The summed E-state index contributed by atoms with van der Waals surface area (Å²) in [6.07, 6.45) is 8.84. The number of guanidine groups is 1. The number of nitrogens with zero attached hydrogens (tertiary/aromatic N) is 2. The van der Waals surface area contributed by atoms with Crippen molar-refractivity contribution in [3.8, 4) is 0 Å². The predicted molar refractivity (Wildman–Crippen MR) is 107 cm³/mol. The summed E-state index contributed by atoms with van der Waals surface area (Å²) in [6.45, 7) is 6.05. The predicted octanol–water partition coefficient (Wildman–Crippen LogP) is 3.16. The van der Waals surface area contributed by atoms with Crippen molar-refractivity contribution in [2.45, 2.75) is 52.4 Å². The van der Waals surface area contributed by atoms with Crippen LogP contribution < -0.4 is 16.0 Å². The summed E-state index contributed by atoms with van der Waals surface area (Å²) in [7, 11) is 0. The molecule has 0 saturated carbocycles. The number of carbonyl (C=O) groups excluding carboxylic acids is 1. The molecule has 6 nitrogen and oxygen atoms in total. The molecule has 3 N–H and O–H groups in total. The van der Waals surface area contributed by atoms with E-state index in [0.717, 1.165) is 31.2 Å².